The maximum absolute atomic E-state index is 12.2. The van der Waals surface area contributed by atoms with Crippen LogP contribution in [0.5, 0.6) is 0 Å². The van der Waals surface area contributed by atoms with Crippen molar-refractivity contribution in [1.82, 2.24) is 0 Å². The summed E-state index contributed by atoms with van der Waals surface area (Å²) in [7, 11) is 1.32. The number of ether oxygens (including phenoxy) is 1. The van der Waals surface area contributed by atoms with E-state index in [1.807, 2.05) is 0 Å². The highest BCUT2D eigenvalue weighted by Crippen LogP contribution is 2.23. The van der Waals surface area contributed by atoms with E-state index in [9.17, 15) is 9.59 Å². The first-order valence-corrected chi connectivity index (χ1v) is 10.9. The zero-order valence-electron chi connectivity index (χ0n) is 17.0. The Balaban J connectivity index is 1.38. The first kappa shape index (κ1) is 21.7. The highest BCUT2D eigenvalue weighted by atomic mass is 32.2. The van der Waals surface area contributed by atoms with Crippen LogP contribution in [0.2, 0.25) is 0 Å². The molecule has 0 bridgehead atoms. The highest BCUT2D eigenvalue weighted by molar-refractivity contribution is 7.99. The smallest absolute Gasteiger partial charge is 0.339 e. The Kier molecular flexibility index (Phi) is 8.10. The topological polar surface area (TPSA) is 55.4 Å². The summed E-state index contributed by atoms with van der Waals surface area (Å²) in [5.41, 5.74) is 0.843. The molecular formula is C25H25NO3S. The van der Waals surface area contributed by atoms with Crippen molar-refractivity contribution in [2.75, 3.05) is 18.2 Å². The molecule has 0 aliphatic heterocycles. The lowest BCUT2D eigenvalue weighted by atomic mass is 10.1. The van der Waals surface area contributed by atoms with Gasteiger partial charge in [-0.3, -0.25) is 4.79 Å². The monoisotopic (exact) mass is 419 g/mol. The van der Waals surface area contributed by atoms with E-state index in [4.69, 9.17) is 4.74 Å². The number of benzene rings is 3. The Morgan fingerprint density at radius 2 is 1.73 bits per heavy atom. The fourth-order valence-corrected chi connectivity index (χ4v) is 3.86. The highest BCUT2D eigenvalue weighted by Gasteiger charge is 2.12. The van der Waals surface area contributed by atoms with Gasteiger partial charge in [-0.05, 0) is 47.9 Å². The van der Waals surface area contributed by atoms with Gasteiger partial charge >= 0.3 is 5.97 Å². The summed E-state index contributed by atoms with van der Waals surface area (Å²) < 4.78 is 4.75. The Morgan fingerprint density at radius 3 is 2.57 bits per heavy atom. The second-order valence-corrected chi connectivity index (χ2v) is 7.86. The van der Waals surface area contributed by atoms with Crippen LogP contribution in [-0.4, -0.2) is 24.7 Å². The number of unbranched alkanes of at least 4 members (excludes halogenated alkanes) is 1. The van der Waals surface area contributed by atoms with Crippen molar-refractivity contribution in [2.45, 2.75) is 24.2 Å². The van der Waals surface area contributed by atoms with Gasteiger partial charge in [0.15, 0.2) is 0 Å². The van der Waals surface area contributed by atoms with E-state index in [-0.39, 0.29) is 5.91 Å². The molecule has 30 heavy (non-hydrogen) atoms. The van der Waals surface area contributed by atoms with Crippen molar-refractivity contribution in [2.24, 2.45) is 0 Å². The number of thioether (sulfide) groups is 1. The summed E-state index contributed by atoms with van der Waals surface area (Å²) in [5, 5.41) is 5.31. The van der Waals surface area contributed by atoms with Crippen LogP contribution < -0.4 is 5.32 Å². The summed E-state index contributed by atoms with van der Waals surface area (Å²) in [6.07, 6.45) is 6.25. The maximum atomic E-state index is 12.2. The average molecular weight is 420 g/mol. The van der Waals surface area contributed by atoms with Crippen LogP contribution in [0.4, 0.5) is 5.69 Å². The van der Waals surface area contributed by atoms with Crippen molar-refractivity contribution in [3.05, 3.63) is 84.4 Å². The van der Waals surface area contributed by atoms with Crippen LogP contribution in [0.25, 0.3) is 10.8 Å². The predicted molar refractivity (Wildman–Crippen MR) is 124 cm³/mol. The SMILES string of the molecule is COC(=O)c1ccccc1NC(=O)CCC/C=C/CSc1ccc2ccccc2c1. The Bertz CT molecular complexity index is 1050. The van der Waals surface area contributed by atoms with E-state index in [0.717, 1.165) is 18.6 Å². The van der Waals surface area contributed by atoms with E-state index >= 15 is 0 Å². The predicted octanol–water partition coefficient (Wildman–Crippen LogP) is 6.08. The number of carbonyl (C=O) groups is 2. The number of rotatable bonds is 9. The normalized spacial score (nSPS) is 11.0. The molecule has 154 valence electrons. The molecule has 0 fully saturated rings. The third kappa shape index (κ3) is 6.22. The number of hydrogen-bond donors (Lipinski definition) is 1. The van der Waals surface area contributed by atoms with Crippen molar-refractivity contribution in [1.29, 1.82) is 0 Å². The van der Waals surface area contributed by atoms with E-state index in [1.54, 1.807) is 36.0 Å². The molecule has 0 unspecified atom stereocenters. The van der Waals surface area contributed by atoms with Crippen LogP contribution >= 0.6 is 11.8 Å². The number of amides is 1. The van der Waals surface area contributed by atoms with Gasteiger partial charge in [-0.25, -0.2) is 4.79 Å². The molecule has 0 aliphatic carbocycles. The van der Waals surface area contributed by atoms with Gasteiger partial charge in [0, 0.05) is 17.1 Å². The fourth-order valence-electron chi connectivity index (χ4n) is 3.06. The third-order valence-corrected chi connectivity index (χ3v) is 5.56. The molecule has 4 nitrogen and oxygen atoms in total. The molecule has 0 saturated heterocycles. The van der Waals surface area contributed by atoms with E-state index < -0.39 is 5.97 Å². The van der Waals surface area contributed by atoms with Gasteiger partial charge in [0.2, 0.25) is 5.91 Å². The largest absolute Gasteiger partial charge is 0.465 e. The Labute approximate surface area is 181 Å². The number of carbonyl (C=O) groups excluding carboxylic acids is 2. The van der Waals surface area contributed by atoms with Gasteiger partial charge in [-0.1, -0.05) is 54.6 Å². The third-order valence-electron chi connectivity index (χ3n) is 4.61. The van der Waals surface area contributed by atoms with Gasteiger partial charge in [0.05, 0.1) is 18.4 Å². The summed E-state index contributed by atoms with van der Waals surface area (Å²) in [5.74, 6) is 0.333. The van der Waals surface area contributed by atoms with Crippen molar-refractivity contribution in [3.63, 3.8) is 0 Å². The number of methoxy groups -OCH3 is 1. The van der Waals surface area contributed by atoms with Crippen molar-refractivity contribution < 1.29 is 14.3 Å². The van der Waals surface area contributed by atoms with E-state index in [2.05, 4.69) is 59.9 Å². The first-order chi connectivity index (χ1) is 14.7. The van der Waals surface area contributed by atoms with Crippen LogP contribution in [-0.2, 0) is 9.53 Å². The first-order valence-electron chi connectivity index (χ1n) is 9.91. The summed E-state index contributed by atoms with van der Waals surface area (Å²) in [6, 6.07) is 21.7. The lowest BCUT2D eigenvalue weighted by Crippen LogP contribution is -2.14. The molecule has 0 radical (unpaired) electrons. The average Bonchev–Trinajstić information content (AvgIpc) is 2.78. The van der Waals surface area contributed by atoms with Gasteiger partial charge in [-0.15, -0.1) is 11.8 Å². The number of hydrogen-bond acceptors (Lipinski definition) is 4. The minimum Gasteiger partial charge on any atom is -0.465 e. The van der Waals surface area contributed by atoms with Crippen LogP contribution in [0.15, 0.2) is 83.8 Å². The van der Waals surface area contributed by atoms with Crippen LogP contribution in [0, 0.1) is 0 Å². The standard InChI is InChI=1S/C25H25NO3S/c1-29-25(28)22-12-7-8-13-23(22)26-24(27)14-4-2-3-9-17-30-21-16-15-19-10-5-6-11-20(19)18-21/h3,5-13,15-16,18H,2,4,14,17H2,1H3,(H,26,27)/b9-3+. The summed E-state index contributed by atoms with van der Waals surface area (Å²) >= 11 is 1.80. The fraction of sp³-hybridized carbons (Fsp3) is 0.200. The van der Waals surface area contributed by atoms with Gasteiger partial charge in [0.25, 0.3) is 0 Å². The molecule has 0 atom stereocenters. The minimum atomic E-state index is -0.460. The zero-order valence-corrected chi connectivity index (χ0v) is 17.8. The molecule has 5 heteroatoms. The molecule has 0 aliphatic rings. The number of anilines is 1. The molecule has 0 aromatic heterocycles. The van der Waals surface area contributed by atoms with Crippen molar-refractivity contribution in [3.8, 4) is 0 Å². The summed E-state index contributed by atoms with van der Waals surface area (Å²) in [6.45, 7) is 0. The van der Waals surface area contributed by atoms with Gasteiger partial charge in [0.1, 0.15) is 0 Å². The quantitative estimate of drug-likeness (QED) is 0.197. The lowest BCUT2D eigenvalue weighted by molar-refractivity contribution is -0.116. The number of fused-ring (bicyclic) bond motifs is 1. The number of allylic oxidation sites excluding steroid dienone is 1. The van der Waals surface area contributed by atoms with Gasteiger partial charge in [-0.2, -0.15) is 0 Å². The van der Waals surface area contributed by atoms with Crippen LogP contribution in [0.3, 0.4) is 0 Å². The van der Waals surface area contributed by atoms with Crippen molar-refractivity contribution >= 4 is 40.1 Å². The molecule has 3 aromatic carbocycles. The summed E-state index contributed by atoms with van der Waals surface area (Å²) in [4.78, 5) is 25.2. The second kappa shape index (κ2) is 11.2. The molecule has 1 amide bonds. The number of nitrogens with one attached hydrogen (secondary N) is 1. The molecular weight excluding hydrogens is 394 g/mol. The van der Waals surface area contributed by atoms with E-state index in [0.29, 0.717) is 17.7 Å². The Hall–Kier alpha value is -3.05. The van der Waals surface area contributed by atoms with Crippen LogP contribution in [0.1, 0.15) is 29.6 Å². The molecule has 1 N–H and O–H groups in total. The van der Waals surface area contributed by atoms with Gasteiger partial charge < -0.3 is 10.1 Å². The minimum absolute atomic E-state index is 0.106. The molecule has 3 rings (SSSR count). The molecule has 0 saturated carbocycles. The lowest BCUT2D eigenvalue weighted by Gasteiger charge is -2.09. The molecule has 3 aromatic rings. The Morgan fingerprint density at radius 1 is 0.967 bits per heavy atom. The number of para-hydroxylation sites is 1. The molecule has 0 spiro atoms. The zero-order chi connectivity index (χ0) is 21.2. The maximum Gasteiger partial charge on any atom is 0.339 e. The molecule has 0 heterocycles. The van der Waals surface area contributed by atoms with E-state index in [1.165, 1.54) is 22.8 Å². The second-order valence-electron chi connectivity index (χ2n) is 6.77. The number of esters is 1.